The highest BCUT2D eigenvalue weighted by atomic mass is 79.9. The maximum Gasteiger partial charge on any atom is 0.127 e. The predicted molar refractivity (Wildman–Crippen MR) is 80.7 cm³/mol. The molecule has 0 saturated carbocycles. The molecule has 2 N–H and O–H groups in total. The average Bonchev–Trinajstić information content (AvgIpc) is 2.85. The number of H-pyrrole nitrogens is 1. The third kappa shape index (κ3) is 2.89. The van der Waals surface area contributed by atoms with Crippen LogP contribution in [0.25, 0.3) is 11.0 Å². The van der Waals surface area contributed by atoms with Gasteiger partial charge in [-0.25, -0.2) is 9.37 Å². The molecule has 3 nitrogen and oxygen atoms in total. The second kappa shape index (κ2) is 5.73. The first-order chi connectivity index (χ1) is 9.72. The Kier molecular flexibility index (Phi) is 3.80. The first kappa shape index (κ1) is 13.3. The second-order valence-electron chi connectivity index (χ2n) is 4.54. The molecule has 0 bridgehead atoms. The van der Waals surface area contributed by atoms with E-state index in [1.807, 2.05) is 24.3 Å². The number of para-hydroxylation sites is 2. The van der Waals surface area contributed by atoms with Crippen LogP contribution in [0.1, 0.15) is 11.4 Å². The lowest BCUT2D eigenvalue weighted by Crippen LogP contribution is -2.14. The van der Waals surface area contributed by atoms with Gasteiger partial charge in [0.15, 0.2) is 0 Å². The third-order valence-electron chi connectivity index (χ3n) is 3.05. The van der Waals surface area contributed by atoms with Gasteiger partial charge in [-0.3, -0.25) is 0 Å². The molecule has 0 aliphatic carbocycles. The zero-order valence-electron chi connectivity index (χ0n) is 10.7. The van der Waals surface area contributed by atoms with Crippen molar-refractivity contribution in [3.8, 4) is 0 Å². The summed E-state index contributed by atoms with van der Waals surface area (Å²) in [5.74, 6) is 0.645. The molecule has 5 heteroatoms. The minimum absolute atomic E-state index is 0.203. The highest BCUT2D eigenvalue weighted by molar-refractivity contribution is 9.10. The minimum Gasteiger partial charge on any atom is -0.341 e. The van der Waals surface area contributed by atoms with E-state index in [0.29, 0.717) is 18.7 Å². The lowest BCUT2D eigenvalue weighted by atomic mass is 10.2. The molecule has 0 unspecified atom stereocenters. The fraction of sp³-hybridized carbons (Fsp3) is 0.133. The van der Waals surface area contributed by atoms with Crippen molar-refractivity contribution in [2.45, 2.75) is 13.1 Å². The van der Waals surface area contributed by atoms with Gasteiger partial charge in [-0.15, -0.1) is 0 Å². The Bertz CT molecular complexity index is 706. The van der Waals surface area contributed by atoms with E-state index in [1.54, 1.807) is 12.1 Å². The molecule has 0 atom stereocenters. The molecule has 0 radical (unpaired) electrons. The molecule has 1 heterocycles. The summed E-state index contributed by atoms with van der Waals surface area (Å²) in [6.45, 7) is 1.03. The molecule has 0 saturated heterocycles. The monoisotopic (exact) mass is 333 g/mol. The molecule has 3 rings (SSSR count). The summed E-state index contributed by atoms with van der Waals surface area (Å²) >= 11 is 3.34. The van der Waals surface area contributed by atoms with Crippen LogP contribution >= 0.6 is 15.9 Å². The summed E-state index contributed by atoms with van der Waals surface area (Å²) in [6.07, 6.45) is 0. The number of benzene rings is 2. The summed E-state index contributed by atoms with van der Waals surface area (Å²) < 4.78 is 14.5. The predicted octanol–water partition coefficient (Wildman–Crippen LogP) is 3.75. The number of imidazole rings is 1. The number of aromatic nitrogens is 2. The van der Waals surface area contributed by atoms with Crippen LogP contribution in [0.4, 0.5) is 4.39 Å². The largest absolute Gasteiger partial charge is 0.341 e. The van der Waals surface area contributed by atoms with Crippen LogP contribution in [0.2, 0.25) is 0 Å². The number of rotatable bonds is 4. The van der Waals surface area contributed by atoms with Gasteiger partial charge in [0.05, 0.1) is 17.6 Å². The van der Waals surface area contributed by atoms with Gasteiger partial charge in [0.25, 0.3) is 0 Å². The lowest BCUT2D eigenvalue weighted by molar-refractivity contribution is 0.583. The van der Waals surface area contributed by atoms with Crippen molar-refractivity contribution >= 4 is 27.0 Å². The van der Waals surface area contributed by atoms with Gasteiger partial charge in [-0.1, -0.05) is 28.1 Å². The number of fused-ring (bicyclic) bond motifs is 1. The highest BCUT2D eigenvalue weighted by Gasteiger charge is 2.04. The molecule has 1 aromatic heterocycles. The van der Waals surface area contributed by atoms with E-state index in [-0.39, 0.29) is 5.82 Å². The van der Waals surface area contributed by atoms with Crippen LogP contribution in [-0.4, -0.2) is 9.97 Å². The summed E-state index contributed by atoms with van der Waals surface area (Å²) in [4.78, 5) is 7.69. The normalized spacial score (nSPS) is 11.1. The molecule has 0 spiro atoms. The first-order valence-corrected chi connectivity index (χ1v) is 7.10. The van der Waals surface area contributed by atoms with Crippen LogP contribution in [0, 0.1) is 5.82 Å². The smallest absolute Gasteiger partial charge is 0.127 e. The zero-order valence-corrected chi connectivity index (χ0v) is 12.2. The maximum absolute atomic E-state index is 13.6. The van der Waals surface area contributed by atoms with Gasteiger partial charge in [0.1, 0.15) is 11.6 Å². The van der Waals surface area contributed by atoms with Crippen molar-refractivity contribution in [3.63, 3.8) is 0 Å². The lowest BCUT2D eigenvalue weighted by Gasteiger charge is -2.05. The van der Waals surface area contributed by atoms with Gasteiger partial charge >= 0.3 is 0 Å². The zero-order chi connectivity index (χ0) is 13.9. The Morgan fingerprint density at radius 2 is 2.00 bits per heavy atom. The van der Waals surface area contributed by atoms with Gasteiger partial charge in [0, 0.05) is 16.6 Å². The van der Waals surface area contributed by atoms with Crippen LogP contribution in [0.5, 0.6) is 0 Å². The first-order valence-electron chi connectivity index (χ1n) is 6.30. The van der Waals surface area contributed by atoms with Crippen LogP contribution < -0.4 is 5.32 Å². The van der Waals surface area contributed by atoms with Crippen molar-refractivity contribution < 1.29 is 4.39 Å². The number of halogens is 2. The Labute approximate surface area is 124 Å². The molecule has 20 heavy (non-hydrogen) atoms. The van der Waals surface area contributed by atoms with Crippen LogP contribution in [-0.2, 0) is 13.1 Å². The van der Waals surface area contributed by atoms with E-state index < -0.39 is 0 Å². The van der Waals surface area contributed by atoms with Crippen molar-refractivity contribution in [1.29, 1.82) is 0 Å². The fourth-order valence-electron chi connectivity index (χ4n) is 2.08. The van der Waals surface area contributed by atoms with E-state index in [0.717, 1.165) is 21.3 Å². The summed E-state index contributed by atoms with van der Waals surface area (Å²) in [5, 5.41) is 3.19. The second-order valence-corrected chi connectivity index (χ2v) is 5.46. The molecular weight excluding hydrogens is 321 g/mol. The van der Waals surface area contributed by atoms with Crippen LogP contribution in [0.15, 0.2) is 46.9 Å². The number of aromatic amines is 1. The van der Waals surface area contributed by atoms with Crippen molar-refractivity contribution in [3.05, 3.63) is 64.1 Å². The Morgan fingerprint density at radius 3 is 2.85 bits per heavy atom. The Morgan fingerprint density at radius 1 is 1.15 bits per heavy atom. The van der Waals surface area contributed by atoms with Crippen molar-refractivity contribution in [2.24, 2.45) is 0 Å². The van der Waals surface area contributed by atoms with E-state index in [9.17, 15) is 4.39 Å². The van der Waals surface area contributed by atoms with Gasteiger partial charge in [-0.2, -0.15) is 0 Å². The SMILES string of the molecule is Fc1ccc(Br)cc1CNCc1nc2ccccc2[nH]1. The molecule has 0 fully saturated rings. The Hall–Kier alpha value is -1.72. The molecular formula is C15H13BrFN3. The van der Waals surface area contributed by atoms with E-state index in [4.69, 9.17) is 0 Å². The summed E-state index contributed by atoms with van der Waals surface area (Å²) in [7, 11) is 0. The topological polar surface area (TPSA) is 40.7 Å². The average molecular weight is 334 g/mol. The van der Waals surface area contributed by atoms with E-state index in [1.165, 1.54) is 6.07 Å². The fourth-order valence-corrected chi connectivity index (χ4v) is 2.49. The summed E-state index contributed by atoms with van der Waals surface area (Å²) in [5.41, 5.74) is 2.59. The van der Waals surface area contributed by atoms with E-state index >= 15 is 0 Å². The molecule has 0 amide bonds. The van der Waals surface area contributed by atoms with Gasteiger partial charge in [0.2, 0.25) is 0 Å². The molecule has 102 valence electrons. The number of nitrogens with one attached hydrogen (secondary N) is 2. The van der Waals surface area contributed by atoms with Crippen LogP contribution in [0.3, 0.4) is 0 Å². The quantitative estimate of drug-likeness (QED) is 0.763. The number of nitrogens with zero attached hydrogens (tertiary/aromatic N) is 1. The van der Waals surface area contributed by atoms with Crippen molar-refractivity contribution in [2.75, 3.05) is 0 Å². The maximum atomic E-state index is 13.6. The van der Waals surface area contributed by atoms with E-state index in [2.05, 4.69) is 31.2 Å². The van der Waals surface area contributed by atoms with Gasteiger partial charge < -0.3 is 10.3 Å². The molecule has 3 aromatic rings. The standard InChI is InChI=1S/C15H13BrFN3/c16-11-5-6-12(17)10(7-11)8-18-9-15-19-13-3-1-2-4-14(13)20-15/h1-7,18H,8-9H2,(H,19,20). The molecule has 0 aliphatic heterocycles. The molecule has 0 aliphatic rings. The van der Waals surface area contributed by atoms with Crippen molar-refractivity contribution in [1.82, 2.24) is 15.3 Å². The van der Waals surface area contributed by atoms with Gasteiger partial charge in [-0.05, 0) is 30.3 Å². The minimum atomic E-state index is -0.203. The number of hydrogen-bond acceptors (Lipinski definition) is 2. The number of hydrogen-bond donors (Lipinski definition) is 2. The summed E-state index contributed by atoms with van der Waals surface area (Å²) in [6, 6.07) is 12.8. The highest BCUT2D eigenvalue weighted by Crippen LogP contribution is 2.15. The Balaban J connectivity index is 1.66. The molecule has 2 aromatic carbocycles. The third-order valence-corrected chi connectivity index (χ3v) is 3.55.